The molecule has 0 atom stereocenters. The zero-order valence-electron chi connectivity index (χ0n) is 10.9. The number of nitrogens with one attached hydrogen (secondary N) is 1. The normalized spacial score (nSPS) is 10.7. The largest absolute Gasteiger partial charge is 0.365 e. The molecule has 4 heteroatoms. The van der Waals surface area contributed by atoms with Crippen molar-refractivity contribution in [3.05, 3.63) is 65.9 Å². The van der Waals surface area contributed by atoms with Crippen molar-refractivity contribution in [2.75, 3.05) is 5.32 Å². The van der Waals surface area contributed by atoms with Crippen LogP contribution >= 0.6 is 11.6 Å². The maximum Gasteiger partial charge on any atom is 0.145 e. The number of hydrogen-bond donors (Lipinski definition) is 1. The van der Waals surface area contributed by atoms with Gasteiger partial charge in [0.05, 0.1) is 17.2 Å². The molecule has 0 fully saturated rings. The highest BCUT2D eigenvalue weighted by Crippen LogP contribution is 2.16. The topological polar surface area (TPSA) is 37.8 Å². The maximum atomic E-state index is 5.82. The summed E-state index contributed by atoms with van der Waals surface area (Å²) in [6.07, 6.45) is 1.75. The van der Waals surface area contributed by atoms with Crippen LogP contribution in [0.2, 0.25) is 0 Å². The monoisotopic (exact) mass is 283 g/mol. The minimum Gasteiger partial charge on any atom is -0.365 e. The molecule has 0 radical (unpaired) electrons. The van der Waals surface area contributed by atoms with E-state index in [1.807, 2.05) is 36.4 Å². The molecule has 1 aromatic heterocycles. The van der Waals surface area contributed by atoms with Crippen LogP contribution in [0.15, 0.2) is 54.7 Å². The van der Waals surface area contributed by atoms with Gasteiger partial charge in [0, 0.05) is 12.4 Å². The van der Waals surface area contributed by atoms with E-state index in [-0.39, 0.29) is 0 Å². The number of rotatable bonds is 4. The Bertz CT molecular complexity index is 713. The quantitative estimate of drug-likeness (QED) is 0.736. The summed E-state index contributed by atoms with van der Waals surface area (Å²) in [5.41, 5.74) is 4.01. The van der Waals surface area contributed by atoms with Crippen LogP contribution in [0.4, 0.5) is 5.82 Å². The van der Waals surface area contributed by atoms with Crippen molar-refractivity contribution in [2.45, 2.75) is 12.4 Å². The van der Waals surface area contributed by atoms with E-state index in [0.717, 1.165) is 29.0 Å². The molecular weight excluding hydrogens is 270 g/mol. The van der Waals surface area contributed by atoms with Crippen LogP contribution in [0.3, 0.4) is 0 Å². The number of alkyl halides is 1. The van der Waals surface area contributed by atoms with Crippen LogP contribution in [0, 0.1) is 0 Å². The van der Waals surface area contributed by atoms with Gasteiger partial charge in [0.25, 0.3) is 0 Å². The van der Waals surface area contributed by atoms with Gasteiger partial charge in [-0.1, -0.05) is 36.4 Å². The molecule has 0 aliphatic heterocycles. The van der Waals surface area contributed by atoms with Crippen LogP contribution in [0.1, 0.15) is 11.1 Å². The molecule has 20 heavy (non-hydrogen) atoms. The Balaban J connectivity index is 1.79. The van der Waals surface area contributed by atoms with Crippen molar-refractivity contribution >= 4 is 28.5 Å². The van der Waals surface area contributed by atoms with E-state index in [2.05, 4.69) is 27.4 Å². The number of benzene rings is 2. The third-order valence-electron chi connectivity index (χ3n) is 3.08. The van der Waals surface area contributed by atoms with Gasteiger partial charge in [-0.25, -0.2) is 4.98 Å². The summed E-state index contributed by atoms with van der Waals surface area (Å²) in [6, 6.07) is 16.1. The minimum atomic E-state index is 0.492. The highest BCUT2D eigenvalue weighted by atomic mass is 35.5. The molecule has 1 heterocycles. The fourth-order valence-electron chi connectivity index (χ4n) is 2.01. The Morgan fingerprint density at radius 3 is 2.60 bits per heavy atom. The molecule has 0 spiro atoms. The standard InChI is InChI=1S/C16H14ClN3/c17-9-13-6-7-14-15(8-13)18-11-16(20-14)19-10-12-4-2-1-3-5-12/h1-8,11H,9-10H2,(H,19,20). The molecular formula is C16H14ClN3. The number of anilines is 1. The molecule has 0 unspecified atom stereocenters. The molecule has 100 valence electrons. The number of fused-ring (bicyclic) bond motifs is 1. The third kappa shape index (κ3) is 2.89. The third-order valence-corrected chi connectivity index (χ3v) is 3.39. The van der Waals surface area contributed by atoms with Crippen molar-refractivity contribution in [1.82, 2.24) is 9.97 Å². The van der Waals surface area contributed by atoms with E-state index in [4.69, 9.17) is 11.6 Å². The summed E-state index contributed by atoms with van der Waals surface area (Å²) >= 11 is 5.82. The molecule has 3 aromatic rings. The number of aromatic nitrogens is 2. The van der Waals surface area contributed by atoms with Crippen LogP contribution in [-0.2, 0) is 12.4 Å². The first kappa shape index (κ1) is 12.9. The molecule has 0 saturated carbocycles. The van der Waals surface area contributed by atoms with E-state index in [9.17, 15) is 0 Å². The van der Waals surface area contributed by atoms with Gasteiger partial charge in [0.1, 0.15) is 5.82 Å². The second-order valence-corrected chi connectivity index (χ2v) is 4.82. The first-order valence-electron chi connectivity index (χ1n) is 6.44. The van der Waals surface area contributed by atoms with Crippen LogP contribution in [-0.4, -0.2) is 9.97 Å². The second-order valence-electron chi connectivity index (χ2n) is 4.55. The fourth-order valence-corrected chi connectivity index (χ4v) is 2.18. The molecule has 0 amide bonds. The summed E-state index contributed by atoms with van der Waals surface area (Å²) in [5.74, 6) is 1.27. The molecule has 0 aliphatic rings. The zero-order chi connectivity index (χ0) is 13.8. The second kappa shape index (κ2) is 5.88. The summed E-state index contributed by atoms with van der Waals surface area (Å²) < 4.78 is 0. The lowest BCUT2D eigenvalue weighted by atomic mass is 10.2. The molecule has 3 nitrogen and oxygen atoms in total. The first-order valence-corrected chi connectivity index (χ1v) is 6.98. The lowest BCUT2D eigenvalue weighted by Gasteiger charge is -2.06. The summed E-state index contributed by atoms with van der Waals surface area (Å²) in [4.78, 5) is 8.97. The average molecular weight is 284 g/mol. The number of halogens is 1. The molecule has 1 N–H and O–H groups in total. The number of hydrogen-bond acceptors (Lipinski definition) is 3. The Morgan fingerprint density at radius 2 is 1.80 bits per heavy atom. The Morgan fingerprint density at radius 1 is 0.950 bits per heavy atom. The van der Waals surface area contributed by atoms with Crippen molar-refractivity contribution in [1.29, 1.82) is 0 Å². The fraction of sp³-hybridized carbons (Fsp3) is 0.125. The lowest BCUT2D eigenvalue weighted by Crippen LogP contribution is -2.02. The van der Waals surface area contributed by atoms with Crippen LogP contribution in [0.5, 0.6) is 0 Å². The van der Waals surface area contributed by atoms with Crippen molar-refractivity contribution < 1.29 is 0 Å². The Labute approximate surface area is 122 Å². The summed E-state index contributed by atoms with van der Waals surface area (Å²) in [7, 11) is 0. The molecule has 2 aromatic carbocycles. The van der Waals surface area contributed by atoms with Gasteiger partial charge in [-0.3, -0.25) is 4.98 Å². The Kier molecular flexibility index (Phi) is 3.79. The highest BCUT2D eigenvalue weighted by Gasteiger charge is 2.01. The highest BCUT2D eigenvalue weighted by molar-refractivity contribution is 6.17. The van der Waals surface area contributed by atoms with Crippen LogP contribution < -0.4 is 5.32 Å². The predicted molar refractivity (Wildman–Crippen MR) is 82.9 cm³/mol. The lowest BCUT2D eigenvalue weighted by molar-refractivity contribution is 1.11. The average Bonchev–Trinajstić information content (AvgIpc) is 2.53. The van der Waals surface area contributed by atoms with Gasteiger partial charge in [-0.2, -0.15) is 0 Å². The van der Waals surface area contributed by atoms with E-state index in [1.165, 1.54) is 5.56 Å². The van der Waals surface area contributed by atoms with Crippen molar-refractivity contribution in [2.24, 2.45) is 0 Å². The Hall–Kier alpha value is -2.13. The summed E-state index contributed by atoms with van der Waals surface area (Å²) in [6.45, 7) is 0.737. The maximum absolute atomic E-state index is 5.82. The van der Waals surface area contributed by atoms with Gasteiger partial charge in [-0.15, -0.1) is 11.6 Å². The van der Waals surface area contributed by atoms with Gasteiger partial charge in [0.15, 0.2) is 0 Å². The first-order chi connectivity index (χ1) is 9.85. The van der Waals surface area contributed by atoms with E-state index >= 15 is 0 Å². The van der Waals surface area contributed by atoms with Crippen molar-refractivity contribution in [3.8, 4) is 0 Å². The zero-order valence-corrected chi connectivity index (χ0v) is 11.6. The van der Waals surface area contributed by atoms with Crippen LogP contribution in [0.25, 0.3) is 11.0 Å². The smallest absolute Gasteiger partial charge is 0.145 e. The van der Waals surface area contributed by atoms with Gasteiger partial charge in [-0.05, 0) is 23.3 Å². The van der Waals surface area contributed by atoms with E-state index in [1.54, 1.807) is 6.20 Å². The van der Waals surface area contributed by atoms with Gasteiger partial charge in [0.2, 0.25) is 0 Å². The summed E-state index contributed by atoms with van der Waals surface area (Å²) in [5, 5.41) is 3.28. The molecule has 0 saturated heterocycles. The minimum absolute atomic E-state index is 0.492. The van der Waals surface area contributed by atoms with E-state index in [0.29, 0.717) is 5.88 Å². The molecule has 3 rings (SSSR count). The van der Waals surface area contributed by atoms with Crippen molar-refractivity contribution in [3.63, 3.8) is 0 Å². The molecule has 0 aliphatic carbocycles. The SMILES string of the molecule is ClCc1ccc2nc(NCc3ccccc3)cnc2c1. The van der Waals surface area contributed by atoms with Gasteiger partial charge < -0.3 is 5.32 Å². The molecule has 0 bridgehead atoms. The van der Waals surface area contributed by atoms with E-state index < -0.39 is 0 Å². The predicted octanol–water partition coefficient (Wildman–Crippen LogP) is 3.98. The number of nitrogens with zero attached hydrogens (tertiary/aromatic N) is 2. The van der Waals surface area contributed by atoms with Gasteiger partial charge >= 0.3 is 0 Å².